The highest BCUT2D eigenvalue weighted by Crippen LogP contribution is 2.08. The molecule has 0 fully saturated rings. The first-order chi connectivity index (χ1) is 8.22. The molecular weight excluding hydrogens is 214 g/mol. The van der Waals surface area contributed by atoms with Crippen LogP contribution in [0.25, 0.3) is 0 Å². The van der Waals surface area contributed by atoms with Gasteiger partial charge in [-0.25, -0.2) is 4.98 Å². The molecule has 17 heavy (non-hydrogen) atoms. The van der Waals surface area contributed by atoms with E-state index in [1.165, 1.54) is 6.42 Å². The van der Waals surface area contributed by atoms with Gasteiger partial charge >= 0.3 is 0 Å². The average molecular weight is 237 g/mol. The molecule has 0 amide bonds. The van der Waals surface area contributed by atoms with Crippen molar-refractivity contribution in [3.63, 3.8) is 0 Å². The van der Waals surface area contributed by atoms with Crippen molar-refractivity contribution >= 4 is 0 Å². The van der Waals surface area contributed by atoms with Crippen molar-refractivity contribution in [2.75, 3.05) is 13.2 Å². The van der Waals surface area contributed by atoms with Crippen LogP contribution in [-0.2, 0) is 6.54 Å². The molecular formula is C13H23N3O. The van der Waals surface area contributed by atoms with E-state index in [2.05, 4.69) is 36.1 Å². The van der Waals surface area contributed by atoms with Crippen LogP contribution in [0, 0.1) is 5.92 Å². The van der Waals surface area contributed by atoms with Gasteiger partial charge in [0.25, 0.3) is 0 Å². The highest BCUT2D eigenvalue weighted by atomic mass is 16.5. The largest absolute Gasteiger partial charge is 0.477 e. The van der Waals surface area contributed by atoms with Crippen LogP contribution in [0.5, 0.6) is 5.88 Å². The molecule has 1 rings (SSSR count). The Balaban J connectivity index is 2.32. The van der Waals surface area contributed by atoms with E-state index in [0.717, 1.165) is 37.7 Å². The minimum Gasteiger partial charge on any atom is -0.477 e. The molecule has 4 heteroatoms. The molecule has 96 valence electrons. The van der Waals surface area contributed by atoms with Crippen molar-refractivity contribution in [3.8, 4) is 5.88 Å². The molecule has 0 aromatic carbocycles. The first-order valence-corrected chi connectivity index (χ1v) is 6.36. The lowest BCUT2D eigenvalue weighted by Gasteiger charge is -2.07. The van der Waals surface area contributed by atoms with Crippen LogP contribution in [0.15, 0.2) is 12.4 Å². The van der Waals surface area contributed by atoms with Gasteiger partial charge in [-0.1, -0.05) is 20.8 Å². The van der Waals surface area contributed by atoms with Gasteiger partial charge in [0.1, 0.15) is 0 Å². The monoisotopic (exact) mass is 237 g/mol. The molecule has 1 N–H and O–H groups in total. The highest BCUT2D eigenvalue weighted by molar-refractivity contribution is 5.08. The summed E-state index contributed by atoms with van der Waals surface area (Å²) in [6, 6.07) is 0. The molecule has 0 saturated carbocycles. The fourth-order valence-electron chi connectivity index (χ4n) is 1.46. The van der Waals surface area contributed by atoms with Crippen LogP contribution in [0.3, 0.4) is 0 Å². The van der Waals surface area contributed by atoms with Crippen molar-refractivity contribution in [2.45, 2.75) is 40.2 Å². The molecule has 0 aliphatic carbocycles. The third-order valence-corrected chi connectivity index (χ3v) is 2.39. The van der Waals surface area contributed by atoms with Crippen LogP contribution in [0.1, 0.15) is 39.3 Å². The van der Waals surface area contributed by atoms with Crippen molar-refractivity contribution in [1.29, 1.82) is 0 Å². The molecule has 0 unspecified atom stereocenters. The maximum absolute atomic E-state index is 5.58. The van der Waals surface area contributed by atoms with E-state index >= 15 is 0 Å². The summed E-state index contributed by atoms with van der Waals surface area (Å²) in [6.07, 6.45) is 5.69. The smallest absolute Gasteiger partial charge is 0.232 e. The third-order valence-electron chi connectivity index (χ3n) is 2.39. The van der Waals surface area contributed by atoms with E-state index in [0.29, 0.717) is 5.88 Å². The van der Waals surface area contributed by atoms with Crippen molar-refractivity contribution in [1.82, 2.24) is 15.3 Å². The molecule has 0 atom stereocenters. The summed E-state index contributed by atoms with van der Waals surface area (Å²) in [5, 5.41) is 3.22. The highest BCUT2D eigenvalue weighted by Gasteiger charge is 2.00. The number of hydrogen-bond donors (Lipinski definition) is 1. The van der Waals surface area contributed by atoms with Gasteiger partial charge in [-0.3, -0.25) is 4.98 Å². The Hall–Kier alpha value is -1.16. The Labute approximate surface area is 104 Å². The van der Waals surface area contributed by atoms with E-state index in [1.807, 2.05) is 0 Å². The number of ether oxygens (including phenoxy) is 1. The predicted molar refractivity (Wildman–Crippen MR) is 69.0 cm³/mol. The zero-order valence-electron chi connectivity index (χ0n) is 11.1. The van der Waals surface area contributed by atoms with Crippen LogP contribution >= 0.6 is 0 Å². The fraction of sp³-hybridized carbons (Fsp3) is 0.692. The van der Waals surface area contributed by atoms with Gasteiger partial charge in [0.15, 0.2) is 0 Å². The third kappa shape index (κ3) is 6.22. The predicted octanol–water partition coefficient (Wildman–Crippen LogP) is 2.40. The van der Waals surface area contributed by atoms with Crippen molar-refractivity contribution < 1.29 is 4.74 Å². The van der Waals surface area contributed by atoms with Crippen molar-refractivity contribution in [3.05, 3.63) is 18.1 Å². The van der Waals surface area contributed by atoms with Gasteiger partial charge in [0, 0.05) is 12.7 Å². The first-order valence-electron chi connectivity index (χ1n) is 6.36. The Morgan fingerprint density at radius 3 is 2.88 bits per heavy atom. The van der Waals surface area contributed by atoms with Crippen LogP contribution in [0.2, 0.25) is 0 Å². The zero-order chi connectivity index (χ0) is 12.5. The average Bonchev–Trinajstić information content (AvgIpc) is 2.32. The molecule has 0 aliphatic heterocycles. The lowest BCUT2D eigenvalue weighted by atomic mass is 10.1. The molecule has 0 saturated heterocycles. The van der Waals surface area contributed by atoms with E-state index in [-0.39, 0.29) is 0 Å². The molecule has 0 radical (unpaired) electrons. The molecule has 1 aromatic rings. The summed E-state index contributed by atoms with van der Waals surface area (Å²) in [7, 11) is 0. The second-order valence-corrected chi connectivity index (χ2v) is 4.51. The maximum Gasteiger partial charge on any atom is 0.232 e. The Kier molecular flexibility index (Phi) is 6.55. The first kappa shape index (κ1) is 13.9. The standard InChI is InChI=1S/C13H23N3O/c1-4-14-8-12-9-15-10-13(16-12)17-7-5-6-11(2)3/h9-11,14H,4-8H2,1-3H3. The Bertz CT molecular complexity index is 315. The lowest BCUT2D eigenvalue weighted by molar-refractivity contribution is 0.285. The summed E-state index contributed by atoms with van der Waals surface area (Å²) in [6.45, 7) is 8.90. The van der Waals surface area contributed by atoms with E-state index in [4.69, 9.17) is 4.74 Å². The summed E-state index contributed by atoms with van der Waals surface area (Å²) in [5.41, 5.74) is 0.924. The molecule has 4 nitrogen and oxygen atoms in total. The minimum atomic E-state index is 0.629. The lowest BCUT2D eigenvalue weighted by Crippen LogP contribution is -2.13. The van der Waals surface area contributed by atoms with Gasteiger partial charge in [-0.05, 0) is 25.3 Å². The topological polar surface area (TPSA) is 47.0 Å². The van der Waals surface area contributed by atoms with Gasteiger partial charge in [-0.15, -0.1) is 0 Å². The maximum atomic E-state index is 5.58. The molecule has 1 heterocycles. The summed E-state index contributed by atoms with van der Waals surface area (Å²) in [4.78, 5) is 8.50. The van der Waals surface area contributed by atoms with Gasteiger partial charge in [-0.2, -0.15) is 0 Å². The van der Waals surface area contributed by atoms with Crippen LogP contribution in [0.4, 0.5) is 0 Å². The second-order valence-electron chi connectivity index (χ2n) is 4.51. The normalized spacial score (nSPS) is 10.8. The van der Waals surface area contributed by atoms with Gasteiger partial charge in [0.05, 0.1) is 18.5 Å². The molecule has 0 aliphatic rings. The quantitative estimate of drug-likeness (QED) is 0.705. The van der Waals surface area contributed by atoms with E-state index in [9.17, 15) is 0 Å². The van der Waals surface area contributed by atoms with E-state index in [1.54, 1.807) is 12.4 Å². The minimum absolute atomic E-state index is 0.629. The summed E-state index contributed by atoms with van der Waals surface area (Å²) >= 11 is 0. The Morgan fingerprint density at radius 1 is 1.35 bits per heavy atom. The second kappa shape index (κ2) is 8.01. The number of nitrogens with one attached hydrogen (secondary N) is 1. The number of aromatic nitrogens is 2. The fourth-order valence-corrected chi connectivity index (χ4v) is 1.46. The molecule has 1 aromatic heterocycles. The summed E-state index contributed by atoms with van der Waals surface area (Å²) < 4.78 is 5.58. The molecule has 0 spiro atoms. The molecule has 0 bridgehead atoms. The Morgan fingerprint density at radius 2 is 2.18 bits per heavy atom. The van der Waals surface area contributed by atoms with E-state index < -0.39 is 0 Å². The SMILES string of the molecule is CCNCc1cncc(OCCCC(C)C)n1. The number of rotatable bonds is 8. The van der Waals surface area contributed by atoms with Crippen molar-refractivity contribution in [2.24, 2.45) is 5.92 Å². The van der Waals surface area contributed by atoms with Crippen LogP contribution < -0.4 is 10.1 Å². The van der Waals surface area contributed by atoms with Crippen LogP contribution in [-0.4, -0.2) is 23.1 Å². The van der Waals surface area contributed by atoms with Gasteiger partial charge < -0.3 is 10.1 Å². The number of nitrogens with zero attached hydrogens (tertiary/aromatic N) is 2. The summed E-state index contributed by atoms with van der Waals surface area (Å²) in [5.74, 6) is 1.36. The number of hydrogen-bond acceptors (Lipinski definition) is 4. The zero-order valence-corrected chi connectivity index (χ0v) is 11.1. The van der Waals surface area contributed by atoms with Gasteiger partial charge in [0.2, 0.25) is 5.88 Å².